The summed E-state index contributed by atoms with van der Waals surface area (Å²) in [5.74, 6) is 0. The zero-order chi connectivity index (χ0) is 29.0. The van der Waals surface area contributed by atoms with Crippen molar-refractivity contribution in [3.05, 3.63) is 102 Å². The molecule has 0 bridgehead atoms. The van der Waals surface area contributed by atoms with Gasteiger partial charge in [-0.1, -0.05) is 18.2 Å². The minimum absolute atomic E-state index is 0.0342. The van der Waals surface area contributed by atoms with E-state index in [1.54, 1.807) is 25.6 Å². The number of alkyl halides is 3. The van der Waals surface area contributed by atoms with E-state index in [9.17, 15) is 30.0 Å². The van der Waals surface area contributed by atoms with Crippen LogP contribution in [0.1, 0.15) is 23.1 Å². The van der Waals surface area contributed by atoms with Gasteiger partial charge in [-0.25, -0.2) is 26.5 Å². The molecule has 1 heterocycles. The van der Waals surface area contributed by atoms with Crippen LogP contribution in [0.3, 0.4) is 0 Å². The molecule has 0 saturated heterocycles. The summed E-state index contributed by atoms with van der Waals surface area (Å²) in [6.45, 7) is 2.56. The Hall–Kier alpha value is -3.68. The van der Waals surface area contributed by atoms with E-state index in [0.717, 1.165) is 18.2 Å². The molecule has 212 valence electrons. The van der Waals surface area contributed by atoms with Crippen molar-refractivity contribution in [2.45, 2.75) is 47.3 Å². The highest BCUT2D eigenvalue weighted by Crippen LogP contribution is 2.29. The monoisotopic (exact) mass is 592 g/mol. The van der Waals surface area contributed by atoms with Crippen LogP contribution in [0.15, 0.2) is 100 Å². The molecule has 0 amide bonds. The van der Waals surface area contributed by atoms with E-state index in [-0.39, 0.29) is 27.8 Å². The Morgan fingerprint density at radius 3 is 2.20 bits per heavy atom. The van der Waals surface area contributed by atoms with Gasteiger partial charge in [-0.2, -0.15) is 13.2 Å². The van der Waals surface area contributed by atoms with Crippen molar-refractivity contribution >= 4 is 25.5 Å². The minimum atomic E-state index is -4.41. The van der Waals surface area contributed by atoms with Gasteiger partial charge < -0.3 is 9.88 Å². The fraction of sp³-hybridized carbons (Fsp3) is 0.222. The molecule has 1 aromatic heterocycles. The summed E-state index contributed by atoms with van der Waals surface area (Å²) in [5, 5.41) is 3.04. The van der Waals surface area contributed by atoms with Crippen LogP contribution >= 0.6 is 0 Å². The van der Waals surface area contributed by atoms with Crippen LogP contribution in [0, 0.1) is 6.92 Å². The van der Waals surface area contributed by atoms with Crippen molar-refractivity contribution in [2.24, 2.45) is 0 Å². The molecule has 4 aromatic rings. The summed E-state index contributed by atoms with van der Waals surface area (Å²) in [5.41, 5.74) is 0.850. The third kappa shape index (κ3) is 7.09. The summed E-state index contributed by atoms with van der Waals surface area (Å²) in [4.78, 5) is 3.62. The van der Waals surface area contributed by atoms with Crippen LogP contribution in [0.4, 0.5) is 18.9 Å². The maximum atomic E-state index is 13.3. The van der Waals surface area contributed by atoms with Gasteiger partial charge in [0.25, 0.3) is 0 Å². The lowest BCUT2D eigenvalue weighted by atomic mass is 10.1. The zero-order valence-electron chi connectivity index (χ0n) is 21.4. The number of nitrogens with one attached hydrogen (secondary N) is 2. The molecule has 0 aliphatic rings. The van der Waals surface area contributed by atoms with E-state index in [1.165, 1.54) is 48.5 Å². The van der Waals surface area contributed by atoms with Crippen LogP contribution in [-0.2, 0) is 39.1 Å². The first-order chi connectivity index (χ1) is 18.9. The number of sulfone groups is 1. The van der Waals surface area contributed by atoms with E-state index in [1.807, 2.05) is 4.57 Å². The molecule has 2 N–H and O–H groups in total. The van der Waals surface area contributed by atoms with Gasteiger partial charge >= 0.3 is 6.18 Å². The lowest BCUT2D eigenvalue weighted by Gasteiger charge is -2.13. The lowest BCUT2D eigenvalue weighted by molar-refractivity contribution is -0.137. The molecule has 0 aliphatic carbocycles. The van der Waals surface area contributed by atoms with Gasteiger partial charge in [0.15, 0.2) is 0 Å². The third-order valence-corrected chi connectivity index (χ3v) is 9.52. The number of rotatable bonds is 11. The predicted octanol–water partition coefficient (Wildman–Crippen LogP) is 5.02. The van der Waals surface area contributed by atoms with Gasteiger partial charge in [0.05, 0.1) is 26.6 Å². The van der Waals surface area contributed by atoms with Crippen LogP contribution in [0.5, 0.6) is 0 Å². The second-order valence-corrected chi connectivity index (χ2v) is 12.7. The molecule has 0 radical (unpaired) electrons. The summed E-state index contributed by atoms with van der Waals surface area (Å²) in [6.07, 6.45) is 1.15. The first-order valence-corrected chi connectivity index (χ1v) is 15.1. The molecule has 3 aromatic carbocycles. The van der Waals surface area contributed by atoms with E-state index >= 15 is 0 Å². The number of imidazole rings is 1. The second-order valence-electron chi connectivity index (χ2n) is 9.06. The average Bonchev–Trinajstić information content (AvgIpc) is 3.44. The Morgan fingerprint density at radius 2 is 1.57 bits per heavy atom. The third-order valence-electron chi connectivity index (χ3n) is 6.15. The van der Waals surface area contributed by atoms with E-state index < -0.39 is 31.6 Å². The fourth-order valence-corrected chi connectivity index (χ4v) is 6.61. The Balaban J connectivity index is 1.43. The molecular weight excluding hydrogens is 565 g/mol. The number of halogens is 3. The molecule has 13 heteroatoms. The van der Waals surface area contributed by atoms with Gasteiger partial charge in [0.2, 0.25) is 19.9 Å². The Morgan fingerprint density at radius 1 is 0.900 bits per heavy atom. The van der Waals surface area contributed by atoms with Crippen LogP contribution in [0.25, 0.3) is 0 Å². The van der Waals surface area contributed by atoms with E-state index in [0.29, 0.717) is 29.8 Å². The SMILES string of the molecule is Cc1ccc(S(=O)(=O)c2ccc(NCc3ccc(C(F)(F)F)cc3)cc2)cc1S(=O)(=O)NCCCn1ccnc1. The standard InChI is InChI=1S/C27H27F3N4O4S2/c1-20-3-10-25(17-26(20)40(37,38)33-13-2-15-34-16-14-31-19-34)39(35,36)24-11-8-23(9-12-24)32-18-21-4-6-22(7-5-21)27(28,29)30/h3-12,14,16-17,19,32-33H,2,13,15,18H2,1H3. The molecule has 8 nitrogen and oxygen atoms in total. The van der Waals surface area contributed by atoms with E-state index in [2.05, 4.69) is 15.0 Å². The molecule has 0 saturated carbocycles. The maximum Gasteiger partial charge on any atom is 0.416 e. The van der Waals surface area contributed by atoms with Gasteiger partial charge in [-0.3, -0.25) is 0 Å². The summed E-state index contributed by atoms with van der Waals surface area (Å²) in [7, 11) is -7.99. The molecule has 0 fully saturated rings. The molecule has 0 spiro atoms. The molecular formula is C27H27F3N4O4S2. The zero-order valence-corrected chi connectivity index (χ0v) is 23.0. The molecule has 4 rings (SSSR count). The number of aromatic nitrogens is 2. The van der Waals surface area contributed by atoms with E-state index in [4.69, 9.17) is 0 Å². The van der Waals surface area contributed by atoms with Crippen molar-refractivity contribution in [3.8, 4) is 0 Å². The Labute approximate surface area is 230 Å². The minimum Gasteiger partial charge on any atom is -0.381 e. The fourth-order valence-electron chi connectivity index (χ4n) is 3.91. The first-order valence-electron chi connectivity index (χ1n) is 12.2. The van der Waals surface area contributed by atoms with Gasteiger partial charge in [0.1, 0.15) is 0 Å². The number of anilines is 1. The van der Waals surface area contributed by atoms with Gasteiger partial charge in [-0.05, 0) is 73.0 Å². The highest BCUT2D eigenvalue weighted by Gasteiger charge is 2.30. The number of nitrogens with zero attached hydrogens (tertiary/aromatic N) is 2. The van der Waals surface area contributed by atoms with Crippen molar-refractivity contribution < 1.29 is 30.0 Å². The number of hydrogen-bond donors (Lipinski definition) is 2. The molecule has 0 atom stereocenters. The second kappa shape index (κ2) is 11.8. The number of sulfonamides is 1. The predicted molar refractivity (Wildman–Crippen MR) is 144 cm³/mol. The Kier molecular flexibility index (Phi) is 8.66. The quantitative estimate of drug-likeness (QED) is 0.237. The van der Waals surface area contributed by atoms with Crippen LogP contribution < -0.4 is 10.0 Å². The number of hydrogen-bond acceptors (Lipinski definition) is 6. The van der Waals surface area contributed by atoms with Crippen LogP contribution in [-0.4, -0.2) is 32.9 Å². The van der Waals surface area contributed by atoms with Crippen molar-refractivity contribution in [1.82, 2.24) is 14.3 Å². The lowest BCUT2D eigenvalue weighted by Crippen LogP contribution is -2.26. The van der Waals surface area contributed by atoms with Gasteiger partial charge in [-0.15, -0.1) is 0 Å². The maximum absolute atomic E-state index is 13.3. The van der Waals surface area contributed by atoms with Gasteiger partial charge in [0, 0.05) is 37.7 Å². The van der Waals surface area contributed by atoms with Crippen molar-refractivity contribution in [2.75, 3.05) is 11.9 Å². The summed E-state index contributed by atoms with van der Waals surface area (Å²) in [6, 6.07) is 14.5. The normalized spacial score (nSPS) is 12.4. The highest BCUT2D eigenvalue weighted by atomic mass is 32.2. The molecule has 0 unspecified atom stereocenters. The topological polar surface area (TPSA) is 110 Å². The highest BCUT2D eigenvalue weighted by molar-refractivity contribution is 7.91. The van der Waals surface area contributed by atoms with Crippen molar-refractivity contribution in [3.63, 3.8) is 0 Å². The number of benzene rings is 3. The summed E-state index contributed by atoms with van der Waals surface area (Å²) >= 11 is 0. The summed E-state index contributed by atoms with van der Waals surface area (Å²) < 4.78 is 95.0. The largest absolute Gasteiger partial charge is 0.416 e. The average molecular weight is 593 g/mol. The Bertz CT molecular complexity index is 1650. The van der Waals surface area contributed by atoms with Crippen molar-refractivity contribution in [1.29, 1.82) is 0 Å². The smallest absolute Gasteiger partial charge is 0.381 e. The molecule has 40 heavy (non-hydrogen) atoms. The molecule has 0 aliphatic heterocycles. The number of aryl methyl sites for hydroxylation is 2. The first kappa shape index (κ1) is 29.3. The van der Waals surface area contributed by atoms with Crippen LogP contribution in [0.2, 0.25) is 0 Å².